The van der Waals surface area contributed by atoms with Crippen LogP contribution in [0.3, 0.4) is 0 Å². The van der Waals surface area contributed by atoms with Crippen molar-refractivity contribution in [3.8, 4) is 0 Å². The van der Waals surface area contributed by atoms with Crippen LogP contribution in [0.4, 0.5) is 0 Å². The first-order chi connectivity index (χ1) is 6.66. The fraction of sp³-hybridized carbons (Fsp3) is 0.778. The van der Waals surface area contributed by atoms with Gasteiger partial charge in [0.15, 0.2) is 0 Å². The number of aliphatic hydroxyl groups is 1. The van der Waals surface area contributed by atoms with E-state index in [1.165, 1.54) is 0 Å². The summed E-state index contributed by atoms with van der Waals surface area (Å²) in [4.78, 5) is 20.8. The van der Waals surface area contributed by atoms with Crippen molar-refractivity contribution in [1.29, 1.82) is 0 Å². The Balaban J connectivity index is 3.19. The molecule has 82 valence electrons. The zero-order valence-corrected chi connectivity index (χ0v) is 8.07. The SMILES string of the molecule is O=C(O)CC(=O)OCCCCCCO. The summed E-state index contributed by atoms with van der Waals surface area (Å²) in [6.07, 6.45) is 2.67. The molecular weight excluding hydrogens is 188 g/mol. The molecule has 0 aromatic carbocycles. The number of aliphatic carboxylic acids is 1. The molecule has 0 radical (unpaired) electrons. The lowest BCUT2D eigenvalue weighted by Gasteiger charge is -2.02. The minimum atomic E-state index is -1.17. The molecule has 0 amide bonds. The fourth-order valence-corrected chi connectivity index (χ4v) is 0.928. The molecule has 0 aromatic heterocycles. The lowest BCUT2D eigenvalue weighted by molar-refractivity contribution is -0.151. The standard InChI is InChI=1S/C9H16O5/c10-5-3-1-2-4-6-14-9(13)7-8(11)12/h10H,1-7H2,(H,11,12). The van der Waals surface area contributed by atoms with E-state index >= 15 is 0 Å². The number of esters is 1. The zero-order valence-electron chi connectivity index (χ0n) is 8.07. The number of rotatable bonds is 8. The highest BCUT2D eigenvalue weighted by Crippen LogP contribution is 1.99. The maximum atomic E-state index is 10.7. The molecule has 0 aromatic rings. The van der Waals surface area contributed by atoms with Gasteiger partial charge in [0.2, 0.25) is 0 Å². The van der Waals surface area contributed by atoms with Crippen LogP contribution < -0.4 is 0 Å². The molecule has 0 heterocycles. The highest BCUT2D eigenvalue weighted by Gasteiger charge is 2.07. The molecule has 0 saturated heterocycles. The highest BCUT2D eigenvalue weighted by atomic mass is 16.5. The largest absolute Gasteiger partial charge is 0.481 e. The monoisotopic (exact) mass is 204 g/mol. The van der Waals surface area contributed by atoms with E-state index in [1.54, 1.807) is 0 Å². The van der Waals surface area contributed by atoms with Gasteiger partial charge in [0.25, 0.3) is 0 Å². The first-order valence-electron chi connectivity index (χ1n) is 4.65. The fourth-order valence-electron chi connectivity index (χ4n) is 0.928. The molecule has 0 spiro atoms. The van der Waals surface area contributed by atoms with Crippen LogP contribution in [-0.4, -0.2) is 35.4 Å². The lowest BCUT2D eigenvalue weighted by Crippen LogP contribution is -2.11. The van der Waals surface area contributed by atoms with E-state index < -0.39 is 18.4 Å². The molecule has 0 atom stereocenters. The molecular formula is C9H16O5. The summed E-state index contributed by atoms with van der Waals surface area (Å²) in [7, 11) is 0. The van der Waals surface area contributed by atoms with E-state index in [0.717, 1.165) is 19.3 Å². The topological polar surface area (TPSA) is 83.8 Å². The van der Waals surface area contributed by atoms with Gasteiger partial charge in [0.05, 0.1) is 6.61 Å². The molecule has 0 unspecified atom stereocenters. The third-order valence-corrected chi connectivity index (χ3v) is 1.61. The maximum absolute atomic E-state index is 10.7. The van der Waals surface area contributed by atoms with E-state index in [1.807, 2.05) is 0 Å². The van der Waals surface area contributed by atoms with Gasteiger partial charge in [-0.05, 0) is 19.3 Å². The molecule has 0 aliphatic heterocycles. The number of carboxylic acids is 1. The Morgan fingerprint density at radius 2 is 1.71 bits per heavy atom. The van der Waals surface area contributed by atoms with Crippen molar-refractivity contribution >= 4 is 11.9 Å². The van der Waals surface area contributed by atoms with Crippen LogP contribution in [0, 0.1) is 0 Å². The molecule has 2 N–H and O–H groups in total. The molecule has 14 heavy (non-hydrogen) atoms. The molecule has 0 aliphatic rings. The summed E-state index contributed by atoms with van der Waals surface area (Å²) in [6, 6.07) is 0. The zero-order chi connectivity index (χ0) is 10.8. The van der Waals surface area contributed by atoms with Crippen LogP contribution in [0.25, 0.3) is 0 Å². The Labute approximate surface area is 82.7 Å². The van der Waals surface area contributed by atoms with Gasteiger partial charge < -0.3 is 14.9 Å². The van der Waals surface area contributed by atoms with Crippen LogP contribution in [0.2, 0.25) is 0 Å². The Bertz CT molecular complexity index is 178. The summed E-state index contributed by atoms with van der Waals surface area (Å²) in [5.74, 6) is -1.87. The van der Waals surface area contributed by atoms with Crippen LogP contribution in [0.15, 0.2) is 0 Å². The molecule has 0 saturated carbocycles. The molecule has 5 heteroatoms. The lowest BCUT2D eigenvalue weighted by atomic mass is 10.2. The van der Waals surface area contributed by atoms with Crippen molar-refractivity contribution in [3.05, 3.63) is 0 Å². The first-order valence-corrected chi connectivity index (χ1v) is 4.65. The quantitative estimate of drug-likeness (QED) is 0.343. The number of carbonyl (C=O) groups excluding carboxylic acids is 1. The van der Waals surface area contributed by atoms with Crippen molar-refractivity contribution in [1.82, 2.24) is 0 Å². The molecule has 0 aliphatic carbocycles. The number of hydrogen-bond acceptors (Lipinski definition) is 4. The minimum Gasteiger partial charge on any atom is -0.481 e. The van der Waals surface area contributed by atoms with Crippen LogP contribution in [0.1, 0.15) is 32.1 Å². The van der Waals surface area contributed by atoms with Crippen molar-refractivity contribution < 1.29 is 24.5 Å². The van der Waals surface area contributed by atoms with Gasteiger partial charge in [-0.3, -0.25) is 9.59 Å². The molecule has 0 bridgehead atoms. The van der Waals surface area contributed by atoms with Crippen molar-refractivity contribution in [2.45, 2.75) is 32.1 Å². The smallest absolute Gasteiger partial charge is 0.317 e. The van der Waals surface area contributed by atoms with E-state index in [4.69, 9.17) is 10.2 Å². The Kier molecular flexibility index (Phi) is 7.83. The van der Waals surface area contributed by atoms with Gasteiger partial charge in [-0.1, -0.05) is 6.42 Å². The van der Waals surface area contributed by atoms with Gasteiger partial charge in [-0.15, -0.1) is 0 Å². The van der Waals surface area contributed by atoms with Gasteiger partial charge in [-0.2, -0.15) is 0 Å². The maximum Gasteiger partial charge on any atom is 0.317 e. The molecule has 0 fully saturated rings. The van der Waals surface area contributed by atoms with E-state index in [9.17, 15) is 9.59 Å². The average molecular weight is 204 g/mol. The van der Waals surface area contributed by atoms with Crippen LogP contribution in [0.5, 0.6) is 0 Å². The Hall–Kier alpha value is -1.10. The van der Waals surface area contributed by atoms with E-state index in [2.05, 4.69) is 4.74 Å². The number of carboxylic acid groups (broad SMARTS) is 1. The average Bonchev–Trinajstić information content (AvgIpc) is 2.10. The highest BCUT2D eigenvalue weighted by molar-refractivity contribution is 5.90. The van der Waals surface area contributed by atoms with Gasteiger partial charge in [-0.25, -0.2) is 0 Å². The second kappa shape index (κ2) is 8.50. The Morgan fingerprint density at radius 1 is 1.07 bits per heavy atom. The molecule has 5 nitrogen and oxygen atoms in total. The van der Waals surface area contributed by atoms with Crippen molar-refractivity contribution in [2.24, 2.45) is 0 Å². The van der Waals surface area contributed by atoms with Crippen molar-refractivity contribution in [2.75, 3.05) is 13.2 Å². The van der Waals surface area contributed by atoms with Crippen LogP contribution in [-0.2, 0) is 14.3 Å². The normalized spacial score (nSPS) is 9.79. The summed E-state index contributed by atoms with van der Waals surface area (Å²) < 4.78 is 4.65. The predicted molar refractivity (Wildman–Crippen MR) is 48.8 cm³/mol. The molecule has 0 rings (SSSR count). The number of carbonyl (C=O) groups is 2. The Morgan fingerprint density at radius 3 is 2.29 bits per heavy atom. The van der Waals surface area contributed by atoms with Crippen LogP contribution >= 0.6 is 0 Å². The third kappa shape index (κ3) is 8.99. The van der Waals surface area contributed by atoms with E-state index in [-0.39, 0.29) is 13.2 Å². The minimum absolute atomic E-state index is 0.179. The number of unbranched alkanes of at least 4 members (excludes halogenated alkanes) is 3. The summed E-state index contributed by atoms with van der Waals surface area (Å²) in [5, 5.41) is 16.7. The number of ether oxygens (including phenoxy) is 1. The number of hydrogen-bond donors (Lipinski definition) is 2. The number of aliphatic hydroxyl groups excluding tert-OH is 1. The van der Waals surface area contributed by atoms with Gasteiger partial charge in [0.1, 0.15) is 6.42 Å². The second-order valence-corrected chi connectivity index (χ2v) is 2.93. The van der Waals surface area contributed by atoms with Gasteiger partial charge in [0, 0.05) is 6.61 Å². The predicted octanol–water partition coefficient (Wildman–Crippen LogP) is 0.557. The van der Waals surface area contributed by atoms with Gasteiger partial charge >= 0.3 is 11.9 Å². The van der Waals surface area contributed by atoms with E-state index in [0.29, 0.717) is 6.42 Å². The summed E-state index contributed by atoms with van der Waals surface area (Å²) in [5.41, 5.74) is 0. The summed E-state index contributed by atoms with van der Waals surface area (Å²) >= 11 is 0. The first kappa shape index (κ1) is 12.9. The summed E-state index contributed by atoms with van der Waals surface area (Å²) in [6.45, 7) is 0.441. The second-order valence-electron chi connectivity index (χ2n) is 2.93. The third-order valence-electron chi connectivity index (χ3n) is 1.61. The van der Waals surface area contributed by atoms with Crippen molar-refractivity contribution in [3.63, 3.8) is 0 Å².